The number of fused-ring (bicyclic) bond motifs is 1. The van der Waals surface area contributed by atoms with Gasteiger partial charge in [0.05, 0.1) is 5.69 Å². The highest BCUT2D eigenvalue weighted by Gasteiger charge is 2.31. The van der Waals surface area contributed by atoms with E-state index in [1.165, 1.54) is 11.3 Å². The molecule has 0 saturated carbocycles. The van der Waals surface area contributed by atoms with Crippen LogP contribution >= 0.6 is 11.3 Å². The number of nitrogens with one attached hydrogen (secondary N) is 1. The van der Waals surface area contributed by atoms with Crippen molar-refractivity contribution in [3.8, 4) is 16.3 Å². The van der Waals surface area contributed by atoms with Crippen LogP contribution in [0.4, 0.5) is 10.8 Å². The maximum atomic E-state index is 12.5. The topological polar surface area (TPSA) is 84.4 Å². The molecular formula is C20H18N4O3S. The Morgan fingerprint density at radius 3 is 2.71 bits per heavy atom. The molecule has 1 aromatic heterocycles. The summed E-state index contributed by atoms with van der Waals surface area (Å²) in [5, 5.41) is 12.1. The molecule has 28 heavy (non-hydrogen) atoms. The van der Waals surface area contributed by atoms with Gasteiger partial charge in [-0.05, 0) is 19.1 Å². The Morgan fingerprint density at radius 1 is 1.14 bits per heavy atom. The molecule has 4 rings (SSSR count). The summed E-state index contributed by atoms with van der Waals surface area (Å²) < 4.78 is 5.61. The van der Waals surface area contributed by atoms with Crippen LogP contribution in [0.15, 0.2) is 54.6 Å². The fourth-order valence-electron chi connectivity index (χ4n) is 2.96. The van der Waals surface area contributed by atoms with Crippen molar-refractivity contribution in [3.05, 3.63) is 54.6 Å². The Hall–Kier alpha value is -3.26. The molecule has 2 amide bonds. The zero-order valence-corrected chi connectivity index (χ0v) is 16.0. The Kier molecular flexibility index (Phi) is 5.03. The first kappa shape index (κ1) is 18.1. The van der Waals surface area contributed by atoms with E-state index in [-0.39, 0.29) is 24.8 Å². The lowest BCUT2D eigenvalue weighted by molar-refractivity contribution is -0.125. The first-order valence-electron chi connectivity index (χ1n) is 8.87. The van der Waals surface area contributed by atoms with Gasteiger partial charge in [0.25, 0.3) is 5.91 Å². The van der Waals surface area contributed by atoms with Crippen LogP contribution in [0.3, 0.4) is 0 Å². The third kappa shape index (κ3) is 3.72. The molecule has 1 atom stereocenters. The monoisotopic (exact) mass is 394 g/mol. The van der Waals surface area contributed by atoms with E-state index in [1.807, 2.05) is 54.6 Å². The minimum Gasteiger partial charge on any atom is -0.479 e. The Balaban J connectivity index is 1.40. The van der Waals surface area contributed by atoms with E-state index in [0.717, 1.165) is 10.6 Å². The van der Waals surface area contributed by atoms with E-state index >= 15 is 0 Å². The number of hydrogen-bond donors (Lipinski definition) is 1. The van der Waals surface area contributed by atoms with Gasteiger partial charge in [-0.25, -0.2) is 0 Å². The van der Waals surface area contributed by atoms with E-state index in [0.29, 0.717) is 16.6 Å². The number of carbonyl (C=O) groups excluding carboxylic acids is 2. The number of ether oxygens (including phenoxy) is 1. The SMILES string of the molecule is CC1Oc2ccccc2N(CCC(=O)Nc2nnc(-c3ccccc3)s2)C1=O. The molecule has 1 aliphatic heterocycles. The van der Waals surface area contributed by atoms with Crippen LogP contribution in [-0.2, 0) is 9.59 Å². The molecule has 0 aliphatic carbocycles. The lowest BCUT2D eigenvalue weighted by atomic mass is 10.1. The minimum atomic E-state index is -0.574. The number of nitrogens with zero attached hydrogens (tertiary/aromatic N) is 3. The summed E-state index contributed by atoms with van der Waals surface area (Å²) >= 11 is 1.31. The lowest BCUT2D eigenvalue weighted by Crippen LogP contribution is -2.45. The summed E-state index contributed by atoms with van der Waals surface area (Å²) in [6.45, 7) is 1.97. The molecule has 0 saturated heterocycles. The molecule has 0 spiro atoms. The van der Waals surface area contributed by atoms with Crippen molar-refractivity contribution >= 4 is 34.0 Å². The molecule has 1 unspecified atom stereocenters. The molecule has 142 valence electrons. The van der Waals surface area contributed by atoms with Crippen molar-refractivity contribution < 1.29 is 14.3 Å². The second-order valence-electron chi connectivity index (χ2n) is 6.29. The maximum absolute atomic E-state index is 12.5. The number of carbonyl (C=O) groups is 2. The minimum absolute atomic E-state index is 0.146. The van der Waals surface area contributed by atoms with Gasteiger partial charge in [0, 0.05) is 18.5 Å². The number of amides is 2. The van der Waals surface area contributed by atoms with Crippen LogP contribution in [0.5, 0.6) is 5.75 Å². The molecule has 0 radical (unpaired) electrons. The first-order chi connectivity index (χ1) is 13.6. The average Bonchev–Trinajstić information content (AvgIpc) is 3.17. The molecule has 2 heterocycles. The predicted octanol–water partition coefficient (Wildman–Crippen LogP) is 3.35. The number of hydrogen-bond acceptors (Lipinski definition) is 6. The number of rotatable bonds is 5. The average molecular weight is 394 g/mol. The van der Waals surface area contributed by atoms with Crippen LogP contribution < -0.4 is 15.0 Å². The smallest absolute Gasteiger partial charge is 0.267 e. The standard InChI is InChI=1S/C20H18N4O3S/c1-13-19(26)24(15-9-5-6-10-16(15)27-13)12-11-17(25)21-20-23-22-18(28-20)14-7-3-2-4-8-14/h2-10,13H,11-12H2,1H3,(H,21,23,25). The van der Waals surface area contributed by atoms with Gasteiger partial charge in [-0.2, -0.15) is 0 Å². The van der Waals surface area contributed by atoms with Gasteiger partial charge in [0.1, 0.15) is 10.8 Å². The van der Waals surface area contributed by atoms with Gasteiger partial charge in [-0.3, -0.25) is 9.59 Å². The largest absolute Gasteiger partial charge is 0.479 e. The number of benzene rings is 2. The van der Waals surface area contributed by atoms with Crippen molar-refractivity contribution in [3.63, 3.8) is 0 Å². The highest BCUT2D eigenvalue weighted by Crippen LogP contribution is 2.33. The third-order valence-corrected chi connectivity index (χ3v) is 5.22. The van der Waals surface area contributed by atoms with Gasteiger partial charge in [0.15, 0.2) is 6.10 Å². The van der Waals surface area contributed by atoms with Crippen LogP contribution in [-0.4, -0.2) is 34.7 Å². The van der Waals surface area contributed by atoms with Gasteiger partial charge in [-0.1, -0.05) is 53.8 Å². The molecule has 0 bridgehead atoms. The quantitative estimate of drug-likeness (QED) is 0.717. The van der Waals surface area contributed by atoms with Gasteiger partial charge in [0.2, 0.25) is 11.0 Å². The van der Waals surface area contributed by atoms with Crippen molar-refractivity contribution in [1.82, 2.24) is 10.2 Å². The molecule has 0 fully saturated rings. The summed E-state index contributed by atoms with van der Waals surface area (Å²) in [4.78, 5) is 26.4. The molecule has 2 aromatic carbocycles. The van der Waals surface area contributed by atoms with Crippen molar-refractivity contribution in [1.29, 1.82) is 0 Å². The highest BCUT2D eigenvalue weighted by atomic mass is 32.1. The summed E-state index contributed by atoms with van der Waals surface area (Å²) in [6.07, 6.45) is -0.429. The third-order valence-electron chi connectivity index (χ3n) is 4.33. The van der Waals surface area contributed by atoms with E-state index in [4.69, 9.17) is 4.74 Å². The lowest BCUT2D eigenvalue weighted by Gasteiger charge is -2.32. The molecule has 3 aromatic rings. The molecule has 1 aliphatic rings. The summed E-state index contributed by atoms with van der Waals surface area (Å²) in [7, 11) is 0. The van der Waals surface area contributed by atoms with Crippen molar-refractivity contribution in [2.24, 2.45) is 0 Å². The molecule has 1 N–H and O–H groups in total. The maximum Gasteiger partial charge on any atom is 0.267 e. The van der Waals surface area contributed by atoms with Gasteiger partial charge in [-0.15, -0.1) is 10.2 Å². The van der Waals surface area contributed by atoms with Gasteiger partial charge < -0.3 is 15.0 Å². The fraction of sp³-hybridized carbons (Fsp3) is 0.200. The van der Waals surface area contributed by atoms with E-state index in [9.17, 15) is 9.59 Å². The summed E-state index contributed by atoms with van der Waals surface area (Å²) in [5.41, 5.74) is 1.63. The number of anilines is 2. The normalized spacial score (nSPS) is 15.7. The van der Waals surface area contributed by atoms with Crippen LogP contribution in [0.25, 0.3) is 10.6 Å². The first-order valence-corrected chi connectivity index (χ1v) is 9.69. The summed E-state index contributed by atoms with van der Waals surface area (Å²) in [5.74, 6) is 0.264. The second kappa shape index (κ2) is 7.77. The van der Waals surface area contributed by atoms with E-state index in [1.54, 1.807) is 11.8 Å². The van der Waals surface area contributed by atoms with E-state index < -0.39 is 6.10 Å². The van der Waals surface area contributed by atoms with Crippen LogP contribution in [0.1, 0.15) is 13.3 Å². The fourth-order valence-corrected chi connectivity index (χ4v) is 3.72. The molecular weight excluding hydrogens is 376 g/mol. The van der Waals surface area contributed by atoms with Gasteiger partial charge >= 0.3 is 0 Å². The Morgan fingerprint density at radius 2 is 1.89 bits per heavy atom. The van der Waals surface area contributed by atoms with Crippen LogP contribution in [0.2, 0.25) is 0 Å². The van der Waals surface area contributed by atoms with Crippen LogP contribution in [0, 0.1) is 0 Å². The Labute approximate surface area is 166 Å². The predicted molar refractivity (Wildman–Crippen MR) is 107 cm³/mol. The summed E-state index contributed by atoms with van der Waals surface area (Å²) in [6, 6.07) is 17.0. The zero-order chi connectivity index (χ0) is 19.5. The molecule has 8 heteroatoms. The second-order valence-corrected chi connectivity index (χ2v) is 7.27. The van der Waals surface area contributed by atoms with Crippen molar-refractivity contribution in [2.75, 3.05) is 16.8 Å². The zero-order valence-electron chi connectivity index (χ0n) is 15.2. The van der Waals surface area contributed by atoms with Crippen molar-refractivity contribution in [2.45, 2.75) is 19.4 Å². The Bertz CT molecular complexity index is 1010. The highest BCUT2D eigenvalue weighted by molar-refractivity contribution is 7.18. The number of aromatic nitrogens is 2. The number of para-hydroxylation sites is 2. The van der Waals surface area contributed by atoms with E-state index in [2.05, 4.69) is 15.5 Å². The molecule has 7 nitrogen and oxygen atoms in total.